The molecule has 0 bridgehead atoms. The Morgan fingerprint density at radius 3 is 2.65 bits per heavy atom. The summed E-state index contributed by atoms with van der Waals surface area (Å²) in [6, 6.07) is 4.18. The first-order valence-electron chi connectivity index (χ1n) is 7.90. The molecule has 1 saturated heterocycles. The summed E-state index contributed by atoms with van der Waals surface area (Å²) in [7, 11) is 0. The van der Waals surface area contributed by atoms with E-state index in [1.165, 1.54) is 23.1 Å². The van der Waals surface area contributed by atoms with E-state index in [4.69, 9.17) is 5.73 Å². The smallest absolute Gasteiger partial charge is 0.368 e. The van der Waals surface area contributed by atoms with Crippen LogP contribution in [0.5, 0.6) is 0 Å². The Morgan fingerprint density at radius 2 is 2.00 bits per heavy atom. The Labute approximate surface area is 147 Å². The molecule has 0 aromatic heterocycles. The quantitative estimate of drug-likeness (QED) is 0.654. The van der Waals surface area contributed by atoms with Gasteiger partial charge in [0.05, 0.1) is 24.6 Å². The molecule has 1 fully saturated rings. The zero-order valence-electron chi connectivity index (χ0n) is 13.8. The number of hydrogen-bond donors (Lipinski definition) is 3. The topological polar surface area (TPSA) is 105 Å². The lowest BCUT2D eigenvalue weighted by Crippen LogP contribution is -2.56. The summed E-state index contributed by atoms with van der Waals surface area (Å²) in [5, 5.41) is 4.86. The van der Waals surface area contributed by atoms with Crippen molar-refractivity contribution >= 4 is 17.7 Å². The predicted octanol–water partition coefficient (Wildman–Crippen LogP) is -0.00260. The third-order valence-corrected chi connectivity index (χ3v) is 3.98. The zero-order valence-corrected chi connectivity index (χ0v) is 13.8. The van der Waals surface area contributed by atoms with Gasteiger partial charge < -0.3 is 16.4 Å². The number of nitrogens with one attached hydrogen (secondary N) is 2. The van der Waals surface area contributed by atoms with E-state index in [2.05, 4.69) is 10.6 Å². The maximum Gasteiger partial charge on any atom is 0.416 e. The Morgan fingerprint density at radius 1 is 1.31 bits per heavy atom. The van der Waals surface area contributed by atoms with Crippen molar-refractivity contribution < 1.29 is 27.6 Å². The van der Waals surface area contributed by atoms with Crippen molar-refractivity contribution in [3.05, 3.63) is 35.4 Å². The molecule has 10 heteroatoms. The number of carbonyl (C=O) groups is 3. The maximum absolute atomic E-state index is 13.2. The molecule has 26 heavy (non-hydrogen) atoms. The summed E-state index contributed by atoms with van der Waals surface area (Å²) in [4.78, 5) is 36.2. The normalized spacial score (nSPS) is 18.3. The highest BCUT2D eigenvalue weighted by atomic mass is 19.4. The van der Waals surface area contributed by atoms with Crippen LogP contribution in [0.4, 0.5) is 13.2 Å². The first-order valence-corrected chi connectivity index (χ1v) is 7.90. The average Bonchev–Trinajstić information content (AvgIpc) is 2.55. The van der Waals surface area contributed by atoms with Crippen LogP contribution in [0.3, 0.4) is 0 Å². The molecule has 1 atom stereocenters. The first kappa shape index (κ1) is 19.7. The number of alkyl halides is 3. The molecule has 1 aliphatic rings. The van der Waals surface area contributed by atoms with Gasteiger partial charge >= 0.3 is 6.18 Å². The van der Waals surface area contributed by atoms with Crippen molar-refractivity contribution in [2.75, 3.05) is 19.6 Å². The van der Waals surface area contributed by atoms with Crippen molar-refractivity contribution in [3.63, 3.8) is 0 Å². The lowest BCUT2D eigenvalue weighted by molar-refractivity contribution is -0.139. The van der Waals surface area contributed by atoms with Crippen molar-refractivity contribution in [1.29, 1.82) is 0 Å². The molecule has 4 N–H and O–H groups in total. The minimum Gasteiger partial charge on any atom is -0.368 e. The lowest BCUT2D eigenvalue weighted by Gasteiger charge is -2.35. The number of nitrogens with zero attached hydrogens (tertiary/aromatic N) is 1. The Kier molecular flexibility index (Phi) is 6.19. The number of piperazine rings is 1. The number of benzene rings is 1. The summed E-state index contributed by atoms with van der Waals surface area (Å²) in [6.45, 7) is 0.0685. The fourth-order valence-corrected chi connectivity index (χ4v) is 2.76. The number of primary amides is 1. The zero-order chi connectivity index (χ0) is 19.3. The van der Waals surface area contributed by atoms with Gasteiger partial charge in [-0.25, -0.2) is 0 Å². The Hall–Kier alpha value is -2.62. The summed E-state index contributed by atoms with van der Waals surface area (Å²) < 4.78 is 39.5. The molecule has 3 amide bonds. The van der Waals surface area contributed by atoms with Crippen molar-refractivity contribution in [1.82, 2.24) is 15.5 Å². The van der Waals surface area contributed by atoms with Crippen LogP contribution >= 0.6 is 0 Å². The second-order valence-electron chi connectivity index (χ2n) is 5.88. The van der Waals surface area contributed by atoms with Crippen molar-refractivity contribution in [2.24, 2.45) is 5.73 Å². The van der Waals surface area contributed by atoms with Gasteiger partial charge in [0, 0.05) is 19.6 Å². The van der Waals surface area contributed by atoms with E-state index >= 15 is 0 Å². The van der Waals surface area contributed by atoms with Crippen LogP contribution in [-0.2, 0) is 27.1 Å². The molecule has 1 aromatic rings. The largest absolute Gasteiger partial charge is 0.416 e. The fourth-order valence-electron chi connectivity index (χ4n) is 2.76. The molecule has 0 saturated carbocycles. The van der Waals surface area contributed by atoms with E-state index in [-0.39, 0.29) is 31.6 Å². The molecule has 0 unspecified atom stereocenters. The number of halogens is 3. The Bertz CT molecular complexity index is 694. The van der Waals surface area contributed by atoms with E-state index in [9.17, 15) is 27.6 Å². The van der Waals surface area contributed by atoms with Crippen LogP contribution in [0.25, 0.3) is 0 Å². The number of hydrogen-bond acceptors (Lipinski definition) is 4. The molecule has 1 aliphatic heterocycles. The molecular formula is C16H19F3N4O3. The molecule has 142 valence electrons. The highest BCUT2D eigenvalue weighted by molar-refractivity contribution is 5.90. The molecule has 0 spiro atoms. The molecule has 2 rings (SSSR count). The van der Waals surface area contributed by atoms with Gasteiger partial charge in [0.1, 0.15) is 0 Å². The van der Waals surface area contributed by atoms with Gasteiger partial charge in [-0.15, -0.1) is 0 Å². The second-order valence-corrected chi connectivity index (χ2v) is 5.88. The van der Waals surface area contributed by atoms with E-state index in [1.54, 1.807) is 0 Å². The first-order chi connectivity index (χ1) is 12.2. The minimum atomic E-state index is -4.51. The second kappa shape index (κ2) is 8.17. The number of rotatable bonds is 6. The fraction of sp³-hybridized carbons (Fsp3) is 0.438. The van der Waals surface area contributed by atoms with Crippen LogP contribution in [-0.4, -0.2) is 48.3 Å². The summed E-state index contributed by atoms with van der Waals surface area (Å²) in [6.07, 6.45) is -4.80. The highest BCUT2D eigenvalue weighted by Crippen LogP contribution is 2.32. The number of nitrogens with two attached hydrogens (primary N) is 1. The molecular weight excluding hydrogens is 353 g/mol. The van der Waals surface area contributed by atoms with E-state index < -0.39 is 35.5 Å². The van der Waals surface area contributed by atoms with Crippen LogP contribution < -0.4 is 16.4 Å². The van der Waals surface area contributed by atoms with Gasteiger partial charge in [-0.05, 0) is 11.6 Å². The van der Waals surface area contributed by atoms with Crippen molar-refractivity contribution in [3.8, 4) is 0 Å². The maximum atomic E-state index is 13.2. The molecule has 7 nitrogen and oxygen atoms in total. The van der Waals surface area contributed by atoms with Gasteiger partial charge in [0.2, 0.25) is 17.7 Å². The lowest BCUT2D eigenvalue weighted by atomic mass is 10.0. The number of amides is 3. The Balaban J connectivity index is 2.15. The SMILES string of the molecule is NC(=O)CNC(=O)C[C@@H]1C(=O)NCCN1Cc1ccccc1C(F)(F)F. The van der Waals surface area contributed by atoms with Crippen LogP contribution in [0, 0.1) is 0 Å². The van der Waals surface area contributed by atoms with E-state index in [0.29, 0.717) is 6.54 Å². The van der Waals surface area contributed by atoms with Crippen molar-refractivity contribution in [2.45, 2.75) is 25.2 Å². The van der Waals surface area contributed by atoms with Crippen LogP contribution in [0.15, 0.2) is 24.3 Å². The molecule has 0 aliphatic carbocycles. The summed E-state index contributed by atoms with van der Waals surface area (Å²) >= 11 is 0. The monoisotopic (exact) mass is 372 g/mol. The molecule has 0 radical (unpaired) electrons. The van der Waals surface area contributed by atoms with Gasteiger partial charge in [-0.3, -0.25) is 19.3 Å². The minimum absolute atomic E-state index is 0.0252. The summed E-state index contributed by atoms with van der Waals surface area (Å²) in [5.41, 5.74) is 4.19. The van der Waals surface area contributed by atoms with Crippen LogP contribution in [0.1, 0.15) is 17.5 Å². The number of carbonyl (C=O) groups excluding carboxylic acids is 3. The highest BCUT2D eigenvalue weighted by Gasteiger charge is 2.36. The summed E-state index contributed by atoms with van der Waals surface area (Å²) in [5.74, 6) is -1.77. The predicted molar refractivity (Wildman–Crippen MR) is 85.5 cm³/mol. The van der Waals surface area contributed by atoms with Gasteiger partial charge in [0.25, 0.3) is 0 Å². The van der Waals surface area contributed by atoms with Gasteiger partial charge in [-0.1, -0.05) is 18.2 Å². The van der Waals surface area contributed by atoms with Gasteiger partial charge in [-0.2, -0.15) is 13.2 Å². The van der Waals surface area contributed by atoms with E-state index in [0.717, 1.165) is 6.07 Å². The standard InChI is InChI=1S/C16H19F3N4O3/c17-16(18,19)11-4-2-1-3-10(11)9-23-6-5-21-15(26)12(23)7-14(25)22-8-13(20)24/h1-4,12H,5-9H2,(H2,20,24)(H,21,26)(H,22,25)/t12-/m1/s1. The van der Waals surface area contributed by atoms with E-state index in [1.807, 2.05) is 0 Å². The average molecular weight is 372 g/mol. The molecule has 1 heterocycles. The van der Waals surface area contributed by atoms with Gasteiger partial charge in [0.15, 0.2) is 0 Å². The van der Waals surface area contributed by atoms with Crippen LogP contribution in [0.2, 0.25) is 0 Å². The third-order valence-electron chi connectivity index (χ3n) is 3.98. The molecule has 1 aromatic carbocycles. The third kappa shape index (κ3) is 5.19.